The van der Waals surface area contributed by atoms with Crippen LogP contribution < -0.4 is 17.0 Å². The quantitative estimate of drug-likeness (QED) is 0.438. The van der Waals surface area contributed by atoms with Gasteiger partial charge in [-0.25, -0.2) is 9.59 Å². The Bertz CT molecular complexity index is 1140. The summed E-state index contributed by atoms with van der Waals surface area (Å²) in [6.45, 7) is 1.40. The van der Waals surface area contributed by atoms with Gasteiger partial charge in [0.1, 0.15) is 11.4 Å². The highest BCUT2D eigenvalue weighted by Gasteiger charge is 2.21. The molecule has 3 aromatic rings. The second-order valence-electron chi connectivity index (χ2n) is 5.92. The first kappa shape index (κ1) is 18.2. The normalized spacial score (nSPS) is 10.9. The number of ether oxygens (including phenoxy) is 1. The zero-order chi connectivity index (χ0) is 19.6. The van der Waals surface area contributed by atoms with Crippen LogP contribution in [0, 0.1) is 0 Å². The van der Waals surface area contributed by atoms with Crippen molar-refractivity contribution in [2.75, 3.05) is 12.3 Å². The third-order valence-corrected chi connectivity index (χ3v) is 4.11. The molecule has 9 heteroatoms. The Morgan fingerprint density at radius 2 is 1.96 bits per heavy atom. The third kappa shape index (κ3) is 3.39. The number of nitrogens with one attached hydrogen (secondary N) is 2. The molecule has 0 saturated heterocycles. The topological polar surface area (TPSA) is 140 Å². The summed E-state index contributed by atoms with van der Waals surface area (Å²) in [7, 11) is 0. The molecule has 0 spiro atoms. The Hall–Kier alpha value is -3.62. The van der Waals surface area contributed by atoms with Gasteiger partial charge in [0.05, 0.1) is 5.56 Å². The Kier molecular flexibility index (Phi) is 4.93. The number of hydrogen-bond donors (Lipinski definition) is 3. The van der Waals surface area contributed by atoms with Crippen molar-refractivity contribution in [1.29, 1.82) is 0 Å². The third-order valence-electron chi connectivity index (χ3n) is 4.11. The molecule has 0 aliphatic carbocycles. The lowest BCUT2D eigenvalue weighted by atomic mass is 10.2. The second-order valence-corrected chi connectivity index (χ2v) is 5.92. The number of H-pyrrole nitrogens is 2. The summed E-state index contributed by atoms with van der Waals surface area (Å²) in [6.07, 6.45) is 2.07. The maximum absolute atomic E-state index is 12.4. The maximum Gasteiger partial charge on any atom is 0.340 e. The number of nitrogens with zero attached hydrogens (tertiary/aromatic N) is 1. The van der Waals surface area contributed by atoms with Crippen LogP contribution in [0.5, 0.6) is 0 Å². The number of rotatable bonds is 6. The highest BCUT2D eigenvalue weighted by Crippen LogP contribution is 2.18. The molecule has 1 aromatic carbocycles. The van der Waals surface area contributed by atoms with Gasteiger partial charge >= 0.3 is 11.7 Å². The molecule has 140 valence electrons. The summed E-state index contributed by atoms with van der Waals surface area (Å²) in [6, 6.07) is 7.13. The van der Waals surface area contributed by atoms with Crippen molar-refractivity contribution in [2.24, 2.45) is 0 Å². The number of nitrogens with two attached hydrogens (primary N) is 1. The first-order chi connectivity index (χ1) is 12.9. The standard InChI is InChI=1S/C18H18N4O5/c1-2-7-22-15(19)14(16(24)21-18(22)26)13(23)9-27-17(25)11-8-20-12-6-4-3-5-10(11)12/h3-6,8,20H,2,7,9,19H2,1H3,(H,21,24,26). The molecule has 2 aromatic heterocycles. The number of fused-ring (bicyclic) bond motifs is 1. The molecule has 4 N–H and O–H groups in total. The predicted molar refractivity (Wildman–Crippen MR) is 98.9 cm³/mol. The van der Waals surface area contributed by atoms with E-state index in [-0.39, 0.29) is 17.9 Å². The van der Waals surface area contributed by atoms with Crippen LogP contribution in [-0.2, 0) is 11.3 Å². The molecule has 2 heterocycles. The first-order valence-electron chi connectivity index (χ1n) is 8.33. The van der Waals surface area contributed by atoms with Crippen LogP contribution in [0.25, 0.3) is 10.9 Å². The van der Waals surface area contributed by atoms with E-state index >= 15 is 0 Å². The number of carbonyl (C=O) groups is 2. The Labute approximate surface area is 152 Å². The van der Waals surface area contributed by atoms with Crippen LogP contribution in [-0.4, -0.2) is 32.9 Å². The molecule has 0 aliphatic heterocycles. The van der Waals surface area contributed by atoms with E-state index in [1.54, 1.807) is 18.2 Å². The number of anilines is 1. The van der Waals surface area contributed by atoms with Crippen LogP contribution in [0.3, 0.4) is 0 Å². The van der Waals surface area contributed by atoms with E-state index in [1.807, 2.05) is 13.0 Å². The van der Waals surface area contributed by atoms with Crippen molar-refractivity contribution < 1.29 is 14.3 Å². The Balaban J connectivity index is 1.82. The zero-order valence-corrected chi connectivity index (χ0v) is 14.6. The summed E-state index contributed by atoms with van der Waals surface area (Å²) in [4.78, 5) is 53.5. The molecule has 0 fully saturated rings. The van der Waals surface area contributed by atoms with Crippen LogP contribution >= 0.6 is 0 Å². The zero-order valence-electron chi connectivity index (χ0n) is 14.6. The lowest BCUT2D eigenvalue weighted by molar-refractivity contribution is 0.0476. The number of nitrogen functional groups attached to an aromatic ring is 1. The summed E-state index contributed by atoms with van der Waals surface area (Å²) in [5, 5.41) is 0.656. The van der Waals surface area contributed by atoms with E-state index in [4.69, 9.17) is 10.5 Å². The van der Waals surface area contributed by atoms with E-state index in [0.717, 1.165) is 10.1 Å². The molecule has 0 atom stereocenters. The van der Waals surface area contributed by atoms with Gasteiger partial charge in [0.15, 0.2) is 6.61 Å². The minimum Gasteiger partial charge on any atom is -0.454 e. The summed E-state index contributed by atoms with van der Waals surface area (Å²) < 4.78 is 6.15. The minimum atomic E-state index is -0.905. The highest BCUT2D eigenvalue weighted by molar-refractivity contribution is 6.06. The van der Waals surface area contributed by atoms with Gasteiger partial charge in [-0.05, 0) is 12.5 Å². The van der Waals surface area contributed by atoms with E-state index < -0.39 is 35.2 Å². The second kappa shape index (κ2) is 7.32. The van der Waals surface area contributed by atoms with Gasteiger partial charge in [-0.1, -0.05) is 25.1 Å². The number of esters is 1. The molecule has 27 heavy (non-hydrogen) atoms. The van der Waals surface area contributed by atoms with Crippen LogP contribution in [0.4, 0.5) is 5.82 Å². The Morgan fingerprint density at radius 1 is 1.22 bits per heavy atom. The molecule has 0 aliphatic rings. The van der Waals surface area contributed by atoms with E-state index in [2.05, 4.69) is 9.97 Å². The number of ketones is 1. The van der Waals surface area contributed by atoms with Crippen LogP contribution in [0.15, 0.2) is 40.1 Å². The molecule has 0 radical (unpaired) electrons. The SMILES string of the molecule is CCCn1c(N)c(C(=O)COC(=O)c2c[nH]c3ccccc23)c(=O)[nH]c1=O. The van der Waals surface area contributed by atoms with E-state index in [0.29, 0.717) is 11.8 Å². The molecule has 9 nitrogen and oxygen atoms in total. The smallest absolute Gasteiger partial charge is 0.340 e. The van der Waals surface area contributed by atoms with Gasteiger partial charge in [0.2, 0.25) is 5.78 Å². The first-order valence-corrected chi connectivity index (χ1v) is 8.33. The van der Waals surface area contributed by atoms with Crippen LogP contribution in [0.1, 0.15) is 34.1 Å². The number of Topliss-reactive ketones (excluding diaryl/α,β-unsaturated/α-hetero) is 1. The lowest BCUT2D eigenvalue weighted by Gasteiger charge is -2.11. The number of para-hydroxylation sites is 1. The van der Waals surface area contributed by atoms with Crippen LogP contribution in [0.2, 0.25) is 0 Å². The summed E-state index contributed by atoms with van der Waals surface area (Å²) >= 11 is 0. The van der Waals surface area contributed by atoms with Crippen molar-refractivity contribution in [2.45, 2.75) is 19.9 Å². The molecule has 0 saturated carbocycles. The molecule has 3 rings (SSSR count). The molecule has 0 unspecified atom stereocenters. The number of benzene rings is 1. The van der Waals surface area contributed by atoms with Crippen molar-refractivity contribution in [3.63, 3.8) is 0 Å². The summed E-state index contributed by atoms with van der Waals surface area (Å²) in [5.41, 5.74) is 4.86. The van der Waals surface area contributed by atoms with Gasteiger partial charge < -0.3 is 15.5 Å². The monoisotopic (exact) mass is 370 g/mol. The fraction of sp³-hybridized carbons (Fsp3) is 0.222. The van der Waals surface area contributed by atoms with Crippen molar-refractivity contribution in [3.8, 4) is 0 Å². The van der Waals surface area contributed by atoms with Gasteiger partial charge in [0.25, 0.3) is 5.56 Å². The predicted octanol–water partition coefficient (Wildman–Crippen LogP) is 1.05. The van der Waals surface area contributed by atoms with Gasteiger partial charge in [-0.3, -0.25) is 19.1 Å². The molecular formula is C18H18N4O5. The number of carbonyl (C=O) groups excluding carboxylic acids is 2. The molecule has 0 bridgehead atoms. The molecule has 0 amide bonds. The number of hydrogen-bond acceptors (Lipinski definition) is 6. The maximum atomic E-state index is 12.4. The lowest BCUT2D eigenvalue weighted by Crippen LogP contribution is -2.37. The van der Waals surface area contributed by atoms with Crippen molar-refractivity contribution in [1.82, 2.24) is 14.5 Å². The Morgan fingerprint density at radius 3 is 2.70 bits per heavy atom. The number of aromatic amines is 2. The van der Waals surface area contributed by atoms with Gasteiger partial charge in [-0.2, -0.15) is 0 Å². The average Bonchev–Trinajstić information content (AvgIpc) is 3.07. The fourth-order valence-electron chi connectivity index (χ4n) is 2.82. The van der Waals surface area contributed by atoms with E-state index in [9.17, 15) is 19.2 Å². The molecular weight excluding hydrogens is 352 g/mol. The van der Waals surface area contributed by atoms with Crippen molar-refractivity contribution in [3.05, 3.63) is 62.4 Å². The average molecular weight is 370 g/mol. The number of aromatic nitrogens is 3. The van der Waals surface area contributed by atoms with Gasteiger partial charge in [0, 0.05) is 23.6 Å². The largest absolute Gasteiger partial charge is 0.454 e. The summed E-state index contributed by atoms with van der Waals surface area (Å²) in [5.74, 6) is -1.73. The highest BCUT2D eigenvalue weighted by atomic mass is 16.5. The fourth-order valence-corrected chi connectivity index (χ4v) is 2.82. The van der Waals surface area contributed by atoms with E-state index in [1.165, 1.54) is 6.20 Å². The minimum absolute atomic E-state index is 0.237. The van der Waals surface area contributed by atoms with Gasteiger partial charge in [-0.15, -0.1) is 0 Å². The van der Waals surface area contributed by atoms with Crippen molar-refractivity contribution >= 4 is 28.5 Å².